The molecule has 0 spiro atoms. The average molecular weight is 293 g/mol. The van der Waals surface area contributed by atoms with Crippen LogP contribution in [0.15, 0.2) is 18.3 Å². The Morgan fingerprint density at radius 2 is 2.00 bits per heavy atom. The number of rotatable bonds is 5. The maximum atomic E-state index is 11.8. The van der Waals surface area contributed by atoms with E-state index in [1.54, 1.807) is 24.2 Å². The number of ether oxygens (including phenoxy) is 1. The van der Waals surface area contributed by atoms with Crippen LogP contribution in [0, 0.1) is 0 Å². The third-order valence-corrected chi connectivity index (χ3v) is 2.74. The van der Waals surface area contributed by atoms with Gasteiger partial charge in [0.2, 0.25) is 0 Å². The van der Waals surface area contributed by atoms with Crippen LogP contribution >= 0.6 is 0 Å². The molecule has 0 aliphatic carbocycles. The number of hydrogen-bond acceptors (Lipinski definition) is 4. The van der Waals surface area contributed by atoms with E-state index in [0.29, 0.717) is 6.54 Å². The summed E-state index contributed by atoms with van der Waals surface area (Å²) >= 11 is 0. The molecule has 0 aromatic carbocycles. The number of nitrogens with two attached hydrogens (primary N) is 1. The van der Waals surface area contributed by atoms with Crippen LogP contribution < -0.4 is 5.73 Å². The first kappa shape index (κ1) is 16.9. The van der Waals surface area contributed by atoms with E-state index >= 15 is 0 Å². The third-order valence-electron chi connectivity index (χ3n) is 2.74. The van der Waals surface area contributed by atoms with Crippen LogP contribution in [0.5, 0.6) is 0 Å². The lowest BCUT2D eigenvalue weighted by Crippen LogP contribution is -2.34. The quantitative estimate of drug-likeness (QED) is 0.899. The minimum absolute atomic E-state index is 0.254. The number of hydrogen-bond donors (Lipinski definition) is 1. The Labute approximate surface area is 125 Å². The highest BCUT2D eigenvalue weighted by Crippen LogP contribution is 2.10. The molecule has 1 aromatic heterocycles. The first-order chi connectivity index (χ1) is 9.69. The van der Waals surface area contributed by atoms with E-state index < -0.39 is 11.5 Å². The van der Waals surface area contributed by atoms with Gasteiger partial charge in [0, 0.05) is 19.8 Å². The lowest BCUT2D eigenvalue weighted by Gasteiger charge is -2.24. The molecular formula is C15H23N3O3. The average Bonchev–Trinajstić information content (AvgIpc) is 2.37. The van der Waals surface area contributed by atoms with Crippen LogP contribution in [0.25, 0.3) is 0 Å². The van der Waals surface area contributed by atoms with Gasteiger partial charge in [-0.05, 0) is 45.2 Å². The first-order valence-corrected chi connectivity index (χ1v) is 6.88. The Kier molecular flexibility index (Phi) is 5.69. The molecule has 116 valence electrons. The molecule has 0 saturated carbocycles. The highest BCUT2D eigenvalue weighted by Gasteiger charge is 2.19. The van der Waals surface area contributed by atoms with Gasteiger partial charge in [-0.15, -0.1) is 0 Å². The minimum Gasteiger partial charge on any atom is -0.444 e. The molecule has 21 heavy (non-hydrogen) atoms. The minimum atomic E-state index is -0.536. The molecule has 1 rings (SSSR count). The monoisotopic (exact) mass is 293 g/mol. The van der Waals surface area contributed by atoms with Crippen LogP contribution in [0.1, 0.15) is 43.2 Å². The predicted octanol–water partition coefficient (Wildman–Crippen LogP) is 1.98. The molecule has 0 bridgehead atoms. The van der Waals surface area contributed by atoms with Gasteiger partial charge in [0.25, 0.3) is 5.91 Å². The lowest BCUT2D eigenvalue weighted by atomic mass is 10.1. The summed E-state index contributed by atoms with van der Waals surface area (Å²) in [7, 11) is 1.71. The van der Waals surface area contributed by atoms with Gasteiger partial charge in [-0.3, -0.25) is 9.78 Å². The molecule has 0 fully saturated rings. The fraction of sp³-hybridized carbons (Fsp3) is 0.533. The van der Waals surface area contributed by atoms with Crippen molar-refractivity contribution in [2.45, 2.75) is 39.2 Å². The first-order valence-electron chi connectivity index (χ1n) is 6.88. The second-order valence-electron chi connectivity index (χ2n) is 5.92. The maximum absolute atomic E-state index is 11.8. The summed E-state index contributed by atoms with van der Waals surface area (Å²) in [6.07, 6.45) is 2.85. The molecule has 6 heteroatoms. The summed E-state index contributed by atoms with van der Waals surface area (Å²) < 4.78 is 5.27. The van der Waals surface area contributed by atoms with Crippen LogP contribution in [-0.4, -0.2) is 41.1 Å². The zero-order chi connectivity index (χ0) is 16.0. The maximum Gasteiger partial charge on any atom is 0.410 e. The van der Waals surface area contributed by atoms with Gasteiger partial charge in [-0.2, -0.15) is 0 Å². The third kappa shape index (κ3) is 6.25. The standard InChI is InChI=1S/C15H23N3O3/c1-15(2,3)21-14(20)18(4)9-5-6-11-7-8-12(13(16)19)17-10-11/h7-8,10H,5-6,9H2,1-4H3,(H2,16,19). The number of nitrogens with zero attached hydrogens (tertiary/aromatic N) is 2. The van der Waals surface area contributed by atoms with Crippen molar-refractivity contribution in [3.05, 3.63) is 29.6 Å². The summed E-state index contributed by atoms with van der Waals surface area (Å²) in [5.41, 5.74) is 5.89. The molecule has 1 heterocycles. The van der Waals surface area contributed by atoms with Crippen LogP contribution in [0.3, 0.4) is 0 Å². The van der Waals surface area contributed by atoms with Gasteiger partial charge in [-0.25, -0.2) is 4.79 Å². The SMILES string of the molecule is CN(CCCc1ccc(C(N)=O)nc1)C(=O)OC(C)(C)C. The predicted molar refractivity (Wildman–Crippen MR) is 79.9 cm³/mol. The summed E-state index contributed by atoms with van der Waals surface area (Å²) in [6, 6.07) is 3.43. The Hall–Kier alpha value is -2.11. The molecule has 0 atom stereocenters. The van der Waals surface area contributed by atoms with Crippen molar-refractivity contribution < 1.29 is 14.3 Å². The fourth-order valence-corrected chi connectivity index (χ4v) is 1.67. The molecule has 0 unspecified atom stereocenters. The van der Waals surface area contributed by atoms with E-state index in [-0.39, 0.29) is 11.8 Å². The number of aromatic nitrogens is 1. The van der Waals surface area contributed by atoms with Gasteiger partial charge in [0.15, 0.2) is 0 Å². The van der Waals surface area contributed by atoms with E-state index in [4.69, 9.17) is 10.5 Å². The van der Waals surface area contributed by atoms with Crippen molar-refractivity contribution in [1.82, 2.24) is 9.88 Å². The number of carbonyl (C=O) groups excluding carboxylic acids is 2. The van der Waals surface area contributed by atoms with Crippen LogP contribution in [0.2, 0.25) is 0 Å². The zero-order valence-electron chi connectivity index (χ0n) is 13.0. The largest absolute Gasteiger partial charge is 0.444 e. The van der Waals surface area contributed by atoms with Crippen molar-refractivity contribution >= 4 is 12.0 Å². The highest BCUT2D eigenvalue weighted by molar-refractivity contribution is 5.90. The van der Waals surface area contributed by atoms with Crippen LogP contribution in [-0.2, 0) is 11.2 Å². The van der Waals surface area contributed by atoms with E-state index in [9.17, 15) is 9.59 Å². The van der Waals surface area contributed by atoms with Gasteiger partial charge in [0.05, 0.1) is 0 Å². The zero-order valence-corrected chi connectivity index (χ0v) is 13.0. The number of amides is 2. The van der Waals surface area contributed by atoms with Crippen molar-refractivity contribution in [2.24, 2.45) is 5.73 Å². The number of primary amides is 1. The number of aryl methyl sites for hydroxylation is 1. The number of carbonyl (C=O) groups is 2. The van der Waals surface area contributed by atoms with Gasteiger partial charge >= 0.3 is 6.09 Å². The summed E-state index contributed by atoms with van der Waals surface area (Å²) in [5.74, 6) is -0.536. The highest BCUT2D eigenvalue weighted by atomic mass is 16.6. The van der Waals surface area contributed by atoms with E-state index in [1.165, 1.54) is 0 Å². The van der Waals surface area contributed by atoms with Crippen molar-refractivity contribution in [2.75, 3.05) is 13.6 Å². The number of pyridine rings is 1. The van der Waals surface area contributed by atoms with E-state index in [1.807, 2.05) is 26.8 Å². The van der Waals surface area contributed by atoms with E-state index in [2.05, 4.69) is 4.98 Å². The van der Waals surface area contributed by atoms with Crippen molar-refractivity contribution in [3.8, 4) is 0 Å². The summed E-state index contributed by atoms with van der Waals surface area (Å²) in [5, 5.41) is 0. The smallest absolute Gasteiger partial charge is 0.410 e. The molecule has 2 amide bonds. The van der Waals surface area contributed by atoms with Gasteiger partial charge in [-0.1, -0.05) is 6.07 Å². The Bertz CT molecular complexity index is 492. The van der Waals surface area contributed by atoms with Crippen LogP contribution in [0.4, 0.5) is 4.79 Å². The molecule has 1 aromatic rings. The normalized spacial score (nSPS) is 11.0. The van der Waals surface area contributed by atoms with Crippen molar-refractivity contribution in [1.29, 1.82) is 0 Å². The second kappa shape index (κ2) is 7.06. The fourth-order valence-electron chi connectivity index (χ4n) is 1.67. The van der Waals surface area contributed by atoms with Gasteiger partial charge in [0.1, 0.15) is 11.3 Å². The Morgan fingerprint density at radius 3 is 2.48 bits per heavy atom. The topological polar surface area (TPSA) is 85.5 Å². The molecule has 0 radical (unpaired) electrons. The van der Waals surface area contributed by atoms with E-state index in [0.717, 1.165) is 18.4 Å². The summed E-state index contributed by atoms with van der Waals surface area (Å²) in [6.45, 7) is 6.10. The Morgan fingerprint density at radius 1 is 1.33 bits per heavy atom. The van der Waals surface area contributed by atoms with Crippen molar-refractivity contribution in [3.63, 3.8) is 0 Å². The molecule has 0 saturated heterocycles. The molecule has 0 aliphatic rings. The molecule has 0 aliphatic heterocycles. The Balaban J connectivity index is 2.39. The lowest BCUT2D eigenvalue weighted by molar-refractivity contribution is 0.0297. The second-order valence-corrected chi connectivity index (χ2v) is 5.92. The molecular weight excluding hydrogens is 270 g/mol. The molecule has 2 N–H and O–H groups in total. The van der Waals surface area contributed by atoms with Gasteiger partial charge < -0.3 is 15.4 Å². The summed E-state index contributed by atoms with van der Waals surface area (Å²) in [4.78, 5) is 28.2. The molecule has 6 nitrogen and oxygen atoms in total.